The van der Waals surface area contributed by atoms with Crippen molar-refractivity contribution < 1.29 is 4.79 Å². The first kappa shape index (κ1) is 14.5. The highest BCUT2D eigenvalue weighted by Gasteiger charge is 2.66. The monoisotopic (exact) mass is 330 g/mol. The number of rotatable bonds is 2. The second-order valence-corrected chi connectivity index (χ2v) is 8.98. The Morgan fingerprint density at radius 3 is 2.83 bits per heavy atom. The SMILES string of the molecule is Cc1ccsc1[C@@H]1C[C@H]2CN(C3CCCC3)C(=O)[C@]23CCCN13. The summed E-state index contributed by atoms with van der Waals surface area (Å²) in [6.45, 7) is 4.37. The van der Waals surface area contributed by atoms with Crippen LogP contribution < -0.4 is 0 Å². The number of hydrogen-bond acceptors (Lipinski definition) is 3. The van der Waals surface area contributed by atoms with Crippen LogP contribution in [0.1, 0.15) is 61.4 Å². The zero-order valence-electron chi connectivity index (χ0n) is 14.0. The van der Waals surface area contributed by atoms with Crippen LogP contribution in [0.25, 0.3) is 0 Å². The molecule has 0 unspecified atom stereocenters. The zero-order valence-corrected chi connectivity index (χ0v) is 14.8. The van der Waals surface area contributed by atoms with Gasteiger partial charge in [-0.25, -0.2) is 0 Å². The Morgan fingerprint density at radius 1 is 1.26 bits per heavy atom. The Balaban J connectivity index is 1.49. The van der Waals surface area contributed by atoms with Gasteiger partial charge >= 0.3 is 0 Å². The van der Waals surface area contributed by atoms with E-state index in [9.17, 15) is 4.79 Å². The summed E-state index contributed by atoms with van der Waals surface area (Å²) in [4.78, 5) is 19.9. The van der Waals surface area contributed by atoms with E-state index in [1.54, 1.807) is 0 Å². The Hall–Kier alpha value is -0.870. The van der Waals surface area contributed by atoms with Crippen molar-refractivity contribution in [3.63, 3.8) is 0 Å². The molecule has 1 aliphatic carbocycles. The molecule has 4 heteroatoms. The third kappa shape index (κ3) is 1.82. The van der Waals surface area contributed by atoms with Gasteiger partial charge in [-0.05, 0) is 62.6 Å². The lowest BCUT2D eigenvalue weighted by molar-refractivity contribution is -0.138. The van der Waals surface area contributed by atoms with Gasteiger partial charge in [0.1, 0.15) is 5.54 Å². The molecule has 4 fully saturated rings. The topological polar surface area (TPSA) is 23.6 Å². The molecule has 124 valence electrons. The lowest BCUT2D eigenvalue weighted by Crippen LogP contribution is -2.51. The van der Waals surface area contributed by atoms with Crippen LogP contribution in [0, 0.1) is 12.8 Å². The number of carbonyl (C=O) groups excluding carboxylic acids is 1. The molecule has 4 aliphatic rings. The standard InChI is InChI=1S/C19H26N2OS/c1-13-7-10-23-17(13)16-11-14-12-20(15-5-2-3-6-15)18(22)19(14)8-4-9-21(16)19/h7,10,14-16H,2-6,8-9,11-12H2,1H3/t14-,16-,19-/m0/s1. The highest BCUT2D eigenvalue weighted by Crippen LogP contribution is 2.57. The number of aryl methyl sites for hydroxylation is 1. The van der Waals surface area contributed by atoms with Gasteiger partial charge in [0.25, 0.3) is 0 Å². The van der Waals surface area contributed by atoms with Crippen LogP contribution in [-0.4, -0.2) is 40.4 Å². The minimum atomic E-state index is -0.135. The first-order chi connectivity index (χ1) is 11.2. The molecule has 1 amide bonds. The van der Waals surface area contributed by atoms with Crippen LogP contribution in [0.2, 0.25) is 0 Å². The lowest BCUT2D eigenvalue weighted by Gasteiger charge is -2.34. The Labute approximate surface area is 142 Å². The fourth-order valence-corrected chi connectivity index (χ4v) is 7.08. The number of amides is 1. The smallest absolute Gasteiger partial charge is 0.243 e. The zero-order chi connectivity index (χ0) is 15.6. The number of carbonyl (C=O) groups is 1. The van der Waals surface area contributed by atoms with E-state index >= 15 is 0 Å². The van der Waals surface area contributed by atoms with E-state index in [4.69, 9.17) is 0 Å². The molecule has 3 atom stereocenters. The maximum absolute atomic E-state index is 13.5. The number of nitrogens with zero attached hydrogens (tertiary/aromatic N) is 2. The van der Waals surface area contributed by atoms with E-state index < -0.39 is 0 Å². The third-order valence-corrected chi connectivity index (χ3v) is 8.17. The average molecular weight is 330 g/mol. The molecule has 23 heavy (non-hydrogen) atoms. The van der Waals surface area contributed by atoms with Crippen molar-refractivity contribution in [3.8, 4) is 0 Å². The molecule has 3 aliphatic heterocycles. The highest BCUT2D eigenvalue weighted by atomic mass is 32.1. The van der Waals surface area contributed by atoms with Gasteiger partial charge in [0.05, 0.1) is 0 Å². The molecule has 4 heterocycles. The fourth-order valence-electron chi connectivity index (χ4n) is 6.03. The average Bonchev–Trinajstić information content (AvgIpc) is 3.30. The molecule has 0 aromatic carbocycles. The van der Waals surface area contributed by atoms with Crippen molar-refractivity contribution in [2.75, 3.05) is 13.1 Å². The number of thiophene rings is 1. The first-order valence-corrected chi connectivity index (χ1v) is 10.2. The summed E-state index contributed by atoms with van der Waals surface area (Å²) in [5.74, 6) is 1.05. The number of hydrogen-bond donors (Lipinski definition) is 0. The summed E-state index contributed by atoms with van der Waals surface area (Å²) in [5, 5.41) is 2.22. The minimum Gasteiger partial charge on any atom is -0.338 e. The number of likely N-dealkylation sites (tertiary alicyclic amines) is 1. The summed E-state index contributed by atoms with van der Waals surface area (Å²) in [5.41, 5.74) is 1.28. The van der Waals surface area contributed by atoms with E-state index in [0.29, 0.717) is 23.9 Å². The molecule has 0 N–H and O–H groups in total. The molecule has 1 aromatic rings. The second-order valence-electron chi connectivity index (χ2n) is 8.03. The maximum Gasteiger partial charge on any atom is 0.243 e. The van der Waals surface area contributed by atoms with Crippen LogP contribution in [0.15, 0.2) is 11.4 Å². The van der Waals surface area contributed by atoms with E-state index in [-0.39, 0.29) is 5.54 Å². The molecular weight excluding hydrogens is 304 g/mol. The van der Waals surface area contributed by atoms with Crippen molar-refractivity contribution in [1.29, 1.82) is 0 Å². The molecule has 1 saturated carbocycles. The van der Waals surface area contributed by atoms with Crippen molar-refractivity contribution in [2.24, 2.45) is 5.92 Å². The van der Waals surface area contributed by atoms with Gasteiger partial charge in [0.2, 0.25) is 5.91 Å². The van der Waals surface area contributed by atoms with Crippen molar-refractivity contribution >= 4 is 17.2 Å². The largest absolute Gasteiger partial charge is 0.338 e. The Kier molecular flexibility index (Phi) is 3.18. The third-order valence-electron chi connectivity index (χ3n) is 7.05. The molecule has 5 rings (SSSR count). The predicted octanol–water partition coefficient (Wildman–Crippen LogP) is 3.74. The quantitative estimate of drug-likeness (QED) is 0.825. The van der Waals surface area contributed by atoms with Gasteiger partial charge in [-0.15, -0.1) is 11.3 Å². The van der Waals surface area contributed by atoms with Crippen LogP contribution in [0.4, 0.5) is 0 Å². The summed E-state index contributed by atoms with van der Waals surface area (Å²) in [6, 6.07) is 3.28. The molecule has 3 nitrogen and oxygen atoms in total. The van der Waals surface area contributed by atoms with E-state index in [0.717, 1.165) is 19.5 Å². The second kappa shape index (κ2) is 5.06. The van der Waals surface area contributed by atoms with Gasteiger partial charge in [0.15, 0.2) is 0 Å². The van der Waals surface area contributed by atoms with Crippen LogP contribution in [-0.2, 0) is 4.79 Å². The van der Waals surface area contributed by atoms with Gasteiger partial charge in [0, 0.05) is 29.4 Å². The van der Waals surface area contributed by atoms with Crippen molar-refractivity contribution in [3.05, 3.63) is 21.9 Å². The summed E-state index contributed by atoms with van der Waals surface area (Å²) < 4.78 is 0. The summed E-state index contributed by atoms with van der Waals surface area (Å²) >= 11 is 1.89. The van der Waals surface area contributed by atoms with E-state index in [1.165, 1.54) is 49.0 Å². The molecule has 1 spiro atoms. The molecule has 1 aromatic heterocycles. The molecule has 0 bridgehead atoms. The minimum absolute atomic E-state index is 0.135. The van der Waals surface area contributed by atoms with Crippen molar-refractivity contribution in [2.45, 2.75) is 69.5 Å². The Morgan fingerprint density at radius 2 is 2.09 bits per heavy atom. The predicted molar refractivity (Wildman–Crippen MR) is 92.5 cm³/mol. The van der Waals surface area contributed by atoms with Crippen LogP contribution in [0.3, 0.4) is 0 Å². The van der Waals surface area contributed by atoms with Gasteiger partial charge < -0.3 is 4.90 Å². The van der Waals surface area contributed by atoms with Gasteiger partial charge in [-0.1, -0.05) is 12.8 Å². The fraction of sp³-hybridized carbons (Fsp3) is 0.737. The summed E-state index contributed by atoms with van der Waals surface area (Å²) in [7, 11) is 0. The molecule has 0 radical (unpaired) electrons. The van der Waals surface area contributed by atoms with Crippen LogP contribution in [0.5, 0.6) is 0 Å². The normalized spacial score (nSPS) is 37.8. The maximum atomic E-state index is 13.5. The molecule has 3 saturated heterocycles. The lowest BCUT2D eigenvalue weighted by atomic mass is 9.85. The van der Waals surface area contributed by atoms with E-state index in [1.807, 2.05) is 11.3 Å². The Bertz CT molecular complexity index is 635. The van der Waals surface area contributed by atoms with Gasteiger partial charge in [-0.2, -0.15) is 0 Å². The molecular formula is C19H26N2OS. The van der Waals surface area contributed by atoms with E-state index in [2.05, 4.69) is 28.2 Å². The van der Waals surface area contributed by atoms with Crippen LogP contribution >= 0.6 is 11.3 Å². The van der Waals surface area contributed by atoms with Crippen molar-refractivity contribution in [1.82, 2.24) is 9.80 Å². The highest BCUT2D eigenvalue weighted by molar-refractivity contribution is 7.10. The summed E-state index contributed by atoms with van der Waals surface area (Å²) in [6.07, 6.45) is 8.59. The first-order valence-electron chi connectivity index (χ1n) is 9.33. The van der Waals surface area contributed by atoms with Gasteiger partial charge in [-0.3, -0.25) is 9.69 Å².